The van der Waals surface area contributed by atoms with Gasteiger partial charge in [-0.3, -0.25) is 0 Å². The van der Waals surface area contributed by atoms with Crippen molar-refractivity contribution in [3.63, 3.8) is 0 Å². The lowest BCUT2D eigenvalue weighted by Gasteiger charge is -2.25. The van der Waals surface area contributed by atoms with Crippen LogP contribution in [-0.2, 0) is 0 Å². The van der Waals surface area contributed by atoms with Gasteiger partial charge in [-0.1, -0.05) is 38.1 Å². The first-order chi connectivity index (χ1) is 7.46. The summed E-state index contributed by atoms with van der Waals surface area (Å²) >= 11 is 0. The van der Waals surface area contributed by atoms with E-state index in [2.05, 4.69) is 57.3 Å². The minimum atomic E-state index is -0.0586. The number of nitrogens with one attached hydrogen (secondary N) is 1. The lowest BCUT2D eigenvalue weighted by atomic mass is 9.93. The van der Waals surface area contributed by atoms with Gasteiger partial charge in [-0.2, -0.15) is 0 Å². The van der Waals surface area contributed by atoms with Crippen LogP contribution < -0.4 is 5.32 Å². The fourth-order valence-corrected chi connectivity index (χ4v) is 1.67. The van der Waals surface area contributed by atoms with Gasteiger partial charge in [0, 0.05) is 24.6 Å². The molecule has 0 saturated carbocycles. The van der Waals surface area contributed by atoms with Crippen LogP contribution in [0.1, 0.15) is 37.9 Å². The van der Waals surface area contributed by atoms with Crippen LogP contribution in [-0.4, -0.2) is 18.3 Å². The Morgan fingerprint density at radius 1 is 1.31 bits per heavy atom. The quantitative estimate of drug-likeness (QED) is 0.801. The number of hydrogen-bond acceptors (Lipinski definition) is 2. The van der Waals surface area contributed by atoms with Gasteiger partial charge in [0.25, 0.3) is 0 Å². The Labute approximate surface area is 98.7 Å². The molecule has 1 aromatic rings. The Balaban J connectivity index is 2.60. The summed E-state index contributed by atoms with van der Waals surface area (Å²) in [6, 6.07) is 8.73. The maximum absolute atomic E-state index is 9.19. The molecule has 0 aliphatic heterocycles. The summed E-state index contributed by atoms with van der Waals surface area (Å²) in [5.41, 5.74) is 2.58. The second-order valence-electron chi connectivity index (χ2n) is 5.28. The smallest absolute Gasteiger partial charge is 0.0494 e. The molecule has 0 aliphatic carbocycles. The molecular formula is C14H23NO. The third-order valence-electron chi connectivity index (χ3n) is 2.97. The zero-order chi connectivity index (χ0) is 12.2. The van der Waals surface area contributed by atoms with E-state index in [1.54, 1.807) is 0 Å². The van der Waals surface area contributed by atoms with E-state index in [-0.39, 0.29) is 12.0 Å². The first kappa shape index (κ1) is 13.2. The molecule has 0 fully saturated rings. The number of aliphatic hydroxyl groups excluding tert-OH is 1. The number of aliphatic hydroxyl groups is 1. The van der Waals surface area contributed by atoms with Crippen molar-refractivity contribution in [1.29, 1.82) is 0 Å². The van der Waals surface area contributed by atoms with Crippen molar-refractivity contribution in [1.82, 2.24) is 5.32 Å². The number of aryl methyl sites for hydroxylation is 1. The van der Waals surface area contributed by atoms with E-state index in [9.17, 15) is 5.11 Å². The highest BCUT2D eigenvalue weighted by atomic mass is 16.3. The lowest BCUT2D eigenvalue weighted by molar-refractivity contribution is 0.154. The Hall–Kier alpha value is -0.860. The number of rotatable bonds is 5. The van der Waals surface area contributed by atoms with Gasteiger partial charge in [0.15, 0.2) is 0 Å². The Morgan fingerprint density at radius 2 is 1.94 bits per heavy atom. The fraction of sp³-hybridized carbons (Fsp3) is 0.571. The first-order valence-electron chi connectivity index (χ1n) is 5.86. The van der Waals surface area contributed by atoms with Gasteiger partial charge in [-0.15, -0.1) is 0 Å². The molecule has 2 N–H and O–H groups in total. The Bertz CT molecular complexity index is 333. The van der Waals surface area contributed by atoms with Crippen LogP contribution in [0.2, 0.25) is 0 Å². The highest BCUT2D eigenvalue weighted by Gasteiger charge is 2.17. The summed E-state index contributed by atoms with van der Waals surface area (Å²) < 4.78 is 0. The molecule has 1 rings (SSSR count). The molecular weight excluding hydrogens is 198 g/mol. The van der Waals surface area contributed by atoms with Crippen molar-refractivity contribution < 1.29 is 5.11 Å². The van der Waals surface area contributed by atoms with E-state index >= 15 is 0 Å². The zero-order valence-electron chi connectivity index (χ0n) is 10.7. The largest absolute Gasteiger partial charge is 0.396 e. The molecule has 0 spiro atoms. The van der Waals surface area contributed by atoms with Crippen molar-refractivity contribution >= 4 is 0 Å². The minimum Gasteiger partial charge on any atom is -0.396 e. The average molecular weight is 221 g/mol. The van der Waals surface area contributed by atoms with Crippen LogP contribution in [0.4, 0.5) is 0 Å². The number of hydrogen-bond donors (Lipinski definition) is 2. The molecule has 0 bridgehead atoms. The topological polar surface area (TPSA) is 32.3 Å². The molecule has 0 aromatic heterocycles. The second kappa shape index (κ2) is 5.46. The van der Waals surface area contributed by atoms with Crippen LogP contribution >= 0.6 is 0 Å². The normalized spacial score (nSPS) is 13.8. The fourth-order valence-electron chi connectivity index (χ4n) is 1.67. The van der Waals surface area contributed by atoms with Crippen LogP contribution in [0.25, 0.3) is 0 Å². The summed E-state index contributed by atoms with van der Waals surface area (Å²) in [5.74, 6) is 0. The highest BCUT2D eigenvalue weighted by Crippen LogP contribution is 2.19. The summed E-state index contributed by atoms with van der Waals surface area (Å²) in [4.78, 5) is 0. The monoisotopic (exact) mass is 221 g/mol. The summed E-state index contributed by atoms with van der Waals surface area (Å²) in [7, 11) is 0. The van der Waals surface area contributed by atoms with Crippen molar-refractivity contribution in [3.05, 3.63) is 35.4 Å². The van der Waals surface area contributed by atoms with Crippen LogP contribution in [0.15, 0.2) is 24.3 Å². The van der Waals surface area contributed by atoms with Crippen molar-refractivity contribution in [3.8, 4) is 0 Å². The maximum atomic E-state index is 9.19. The molecule has 0 saturated heterocycles. The summed E-state index contributed by atoms with van der Waals surface area (Å²) in [6.07, 6.45) is 0. The highest BCUT2D eigenvalue weighted by molar-refractivity contribution is 5.28. The van der Waals surface area contributed by atoms with E-state index in [4.69, 9.17) is 0 Å². The SMILES string of the molecule is Cc1ccccc1[C@H](C)NCC(C)(C)CO. The molecule has 0 unspecified atom stereocenters. The van der Waals surface area contributed by atoms with Crippen LogP contribution in [0, 0.1) is 12.3 Å². The minimum absolute atomic E-state index is 0.0586. The van der Waals surface area contributed by atoms with Crippen LogP contribution in [0.5, 0.6) is 0 Å². The van der Waals surface area contributed by atoms with Gasteiger partial charge >= 0.3 is 0 Å². The molecule has 0 radical (unpaired) electrons. The molecule has 0 amide bonds. The van der Waals surface area contributed by atoms with Gasteiger partial charge in [-0.05, 0) is 25.0 Å². The van der Waals surface area contributed by atoms with Gasteiger partial charge in [-0.25, -0.2) is 0 Å². The Morgan fingerprint density at radius 3 is 2.50 bits per heavy atom. The predicted octanol–water partition coefficient (Wildman–Crippen LogP) is 2.66. The molecule has 1 aromatic carbocycles. The van der Waals surface area contributed by atoms with Crippen molar-refractivity contribution in [2.75, 3.05) is 13.2 Å². The molecule has 90 valence electrons. The van der Waals surface area contributed by atoms with E-state index < -0.39 is 0 Å². The van der Waals surface area contributed by atoms with E-state index in [1.165, 1.54) is 11.1 Å². The molecule has 2 heteroatoms. The zero-order valence-corrected chi connectivity index (χ0v) is 10.7. The molecule has 1 atom stereocenters. The van der Waals surface area contributed by atoms with Crippen molar-refractivity contribution in [2.24, 2.45) is 5.41 Å². The molecule has 0 heterocycles. The summed E-state index contributed by atoms with van der Waals surface area (Å²) in [6.45, 7) is 9.44. The Kier molecular flexibility index (Phi) is 4.51. The van der Waals surface area contributed by atoms with Crippen LogP contribution in [0.3, 0.4) is 0 Å². The number of benzene rings is 1. The van der Waals surface area contributed by atoms with Gasteiger partial charge in [0.2, 0.25) is 0 Å². The van der Waals surface area contributed by atoms with Gasteiger partial charge in [0.05, 0.1) is 0 Å². The average Bonchev–Trinajstić information content (AvgIpc) is 2.27. The molecule has 2 nitrogen and oxygen atoms in total. The second-order valence-corrected chi connectivity index (χ2v) is 5.28. The van der Waals surface area contributed by atoms with E-state index in [0.29, 0.717) is 6.04 Å². The third-order valence-corrected chi connectivity index (χ3v) is 2.97. The van der Waals surface area contributed by atoms with Gasteiger partial charge in [0.1, 0.15) is 0 Å². The van der Waals surface area contributed by atoms with E-state index in [1.807, 2.05) is 0 Å². The lowest BCUT2D eigenvalue weighted by Crippen LogP contribution is -2.33. The maximum Gasteiger partial charge on any atom is 0.0494 e. The van der Waals surface area contributed by atoms with E-state index in [0.717, 1.165) is 6.54 Å². The van der Waals surface area contributed by atoms with Gasteiger partial charge < -0.3 is 10.4 Å². The standard InChI is InChI=1S/C14H23NO/c1-11-7-5-6-8-13(11)12(2)15-9-14(3,4)10-16/h5-8,12,15-16H,9-10H2,1-4H3/t12-/m0/s1. The van der Waals surface area contributed by atoms with Crippen molar-refractivity contribution in [2.45, 2.75) is 33.7 Å². The third kappa shape index (κ3) is 3.62. The first-order valence-corrected chi connectivity index (χ1v) is 5.86. The molecule has 0 aliphatic rings. The summed E-state index contributed by atoms with van der Waals surface area (Å²) in [5, 5.41) is 12.7. The predicted molar refractivity (Wildman–Crippen MR) is 68.5 cm³/mol. The molecule has 16 heavy (non-hydrogen) atoms.